The van der Waals surface area contributed by atoms with Crippen molar-refractivity contribution >= 4 is 11.3 Å². The second-order valence-electron chi connectivity index (χ2n) is 4.41. The number of para-hydroxylation sites is 1. The Hall–Kier alpha value is -1.59. The van der Waals surface area contributed by atoms with Gasteiger partial charge in [-0.15, -0.1) is 11.3 Å². The second kappa shape index (κ2) is 6.04. The third kappa shape index (κ3) is 3.24. The molecule has 0 aliphatic heterocycles. The lowest BCUT2D eigenvalue weighted by atomic mass is 10.2. The van der Waals surface area contributed by atoms with Gasteiger partial charge < -0.3 is 15.5 Å². The monoisotopic (exact) mass is 278 g/mol. The lowest BCUT2D eigenvalue weighted by Crippen LogP contribution is -2.17. The van der Waals surface area contributed by atoms with Gasteiger partial charge in [-0.25, -0.2) is 4.98 Å². The molecule has 1 aromatic heterocycles. The van der Waals surface area contributed by atoms with E-state index >= 15 is 0 Å². The number of nitrogens with zero attached hydrogens (tertiary/aromatic N) is 1. The molecule has 0 bridgehead atoms. The van der Waals surface area contributed by atoms with Crippen molar-refractivity contribution in [3.05, 3.63) is 39.8 Å². The molecule has 3 N–H and O–H groups in total. The molecule has 1 heterocycles. The van der Waals surface area contributed by atoms with Crippen LogP contribution < -0.4 is 5.32 Å². The average molecular weight is 278 g/mol. The lowest BCUT2D eigenvalue weighted by molar-refractivity contribution is 0.396. The summed E-state index contributed by atoms with van der Waals surface area (Å²) in [6.45, 7) is 4.64. The minimum atomic E-state index is -0.0885. The van der Waals surface area contributed by atoms with E-state index in [0.29, 0.717) is 12.1 Å². The minimum Gasteiger partial charge on any atom is -0.504 e. The molecule has 102 valence electrons. The molecule has 1 atom stereocenters. The van der Waals surface area contributed by atoms with E-state index in [1.165, 1.54) is 10.9 Å². The van der Waals surface area contributed by atoms with Crippen molar-refractivity contribution in [2.45, 2.75) is 32.9 Å². The van der Waals surface area contributed by atoms with Crippen LogP contribution in [0.3, 0.4) is 0 Å². The molecule has 4 nitrogen and oxygen atoms in total. The minimum absolute atomic E-state index is 0.0596. The first-order valence-electron chi connectivity index (χ1n) is 6.29. The van der Waals surface area contributed by atoms with Crippen LogP contribution in [0.4, 0.5) is 0 Å². The van der Waals surface area contributed by atoms with Gasteiger partial charge >= 0.3 is 0 Å². The van der Waals surface area contributed by atoms with Crippen LogP contribution in [0.1, 0.15) is 35.3 Å². The number of hydrogen-bond acceptors (Lipinski definition) is 5. The Morgan fingerprint density at radius 1 is 1.37 bits per heavy atom. The van der Waals surface area contributed by atoms with Crippen molar-refractivity contribution in [3.63, 3.8) is 0 Å². The number of phenols is 2. The van der Waals surface area contributed by atoms with Crippen molar-refractivity contribution in [2.75, 3.05) is 0 Å². The second-order valence-corrected chi connectivity index (χ2v) is 5.55. The van der Waals surface area contributed by atoms with Crippen LogP contribution in [-0.4, -0.2) is 15.2 Å². The van der Waals surface area contributed by atoms with Gasteiger partial charge in [0.15, 0.2) is 11.5 Å². The molecule has 1 aromatic carbocycles. The van der Waals surface area contributed by atoms with Gasteiger partial charge in [0.25, 0.3) is 0 Å². The van der Waals surface area contributed by atoms with E-state index in [1.807, 2.05) is 13.1 Å². The molecule has 2 aromatic rings. The highest BCUT2D eigenvalue weighted by atomic mass is 32.1. The molecule has 0 saturated carbocycles. The first kappa shape index (κ1) is 13.8. The first-order valence-corrected chi connectivity index (χ1v) is 7.11. The Kier molecular flexibility index (Phi) is 4.39. The van der Waals surface area contributed by atoms with Crippen molar-refractivity contribution in [3.8, 4) is 11.5 Å². The summed E-state index contributed by atoms with van der Waals surface area (Å²) in [5, 5.41) is 23.5. The van der Waals surface area contributed by atoms with Crippen molar-refractivity contribution in [1.29, 1.82) is 0 Å². The van der Waals surface area contributed by atoms with Gasteiger partial charge in [-0.05, 0) is 19.4 Å². The molecule has 0 amide bonds. The Labute approximate surface area is 116 Å². The summed E-state index contributed by atoms with van der Waals surface area (Å²) < 4.78 is 0. The van der Waals surface area contributed by atoms with E-state index in [1.54, 1.807) is 23.5 Å². The zero-order valence-corrected chi connectivity index (χ0v) is 11.9. The summed E-state index contributed by atoms with van der Waals surface area (Å²) in [6.07, 6.45) is 2.90. The van der Waals surface area contributed by atoms with Crippen LogP contribution in [-0.2, 0) is 13.0 Å². The lowest BCUT2D eigenvalue weighted by Gasteiger charge is -2.12. The number of hydrogen-bond donors (Lipinski definition) is 3. The summed E-state index contributed by atoms with van der Waals surface area (Å²) in [6, 6.07) is 5.09. The zero-order valence-electron chi connectivity index (χ0n) is 11.1. The third-order valence-corrected chi connectivity index (χ3v) is 4.31. The highest BCUT2D eigenvalue weighted by Crippen LogP contribution is 2.28. The summed E-state index contributed by atoms with van der Waals surface area (Å²) in [7, 11) is 0. The number of benzene rings is 1. The number of rotatable bonds is 5. The Morgan fingerprint density at radius 3 is 2.84 bits per heavy atom. The average Bonchev–Trinajstić information content (AvgIpc) is 2.89. The van der Waals surface area contributed by atoms with E-state index in [2.05, 4.69) is 17.2 Å². The van der Waals surface area contributed by atoms with Crippen molar-refractivity contribution in [2.24, 2.45) is 0 Å². The molecular formula is C14H18N2O2S. The summed E-state index contributed by atoms with van der Waals surface area (Å²) >= 11 is 1.70. The van der Waals surface area contributed by atoms with Crippen LogP contribution in [0.25, 0.3) is 0 Å². The van der Waals surface area contributed by atoms with E-state index in [-0.39, 0.29) is 17.5 Å². The van der Waals surface area contributed by atoms with E-state index < -0.39 is 0 Å². The predicted molar refractivity (Wildman–Crippen MR) is 76.5 cm³/mol. The number of phenolic OH excluding ortho intramolecular Hbond substituents is 2. The SMILES string of the molecule is CCc1cnc(C(C)NCc2cccc(O)c2O)s1. The number of aromatic hydroxyl groups is 2. The molecule has 0 aliphatic carbocycles. The van der Waals surface area contributed by atoms with Gasteiger partial charge in [0.2, 0.25) is 0 Å². The van der Waals surface area contributed by atoms with Crippen LogP contribution in [0, 0.1) is 0 Å². The van der Waals surface area contributed by atoms with Gasteiger partial charge in [0.1, 0.15) is 5.01 Å². The van der Waals surface area contributed by atoms with E-state index in [9.17, 15) is 10.2 Å². The third-order valence-electron chi connectivity index (χ3n) is 2.99. The molecule has 0 saturated heterocycles. The fraction of sp³-hybridized carbons (Fsp3) is 0.357. The molecule has 0 radical (unpaired) electrons. The van der Waals surface area contributed by atoms with Gasteiger partial charge in [-0.1, -0.05) is 19.1 Å². The van der Waals surface area contributed by atoms with Crippen molar-refractivity contribution < 1.29 is 10.2 Å². The molecule has 19 heavy (non-hydrogen) atoms. The van der Waals surface area contributed by atoms with Gasteiger partial charge in [0, 0.05) is 23.2 Å². The largest absolute Gasteiger partial charge is 0.504 e. The Balaban J connectivity index is 2.00. The maximum atomic E-state index is 9.72. The number of aryl methyl sites for hydroxylation is 1. The standard InChI is InChI=1S/C14H18N2O2S/c1-3-11-8-16-14(19-11)9(2)15-7-10-5-4-6-12(17)13(10)18/h4-6,8-9,15,17-18H,3,7H2,1-2H3. The highest BCUT2D eigenvalue weighted by Gasteiger charge is 2.11. The first-order chi connectivity index (χ1) is 9.11. The number of aromatic nitrogens is 1. The Bertz CT molecular complexity index is 554. The smallest absolute Gasteiger partial charge is 0.161 e. The van der Waals surface area contributed by atoms with Gasteiger partial charge in [-0.2, -0.15) is 0 Å². The van der Waals surface area contributed by atoms with Gasteiger partial charge in [-0.3, -0.25) is 0 Å². The fourth-order valence-corrected chi connectivity index (χ4v) is 2.64. The molecule has 0 fully saturated rings. The predicted octanol–water partition coefficient (Wildman–Crippen LogP) is 2.97. The normalized spacial score (nSPS) is 12.5. The van der Waals surface area contributed by atoms with Crippen LogP contribution in [0.2, 0.25) is 0 Å². The van der Waals surface area contributed by atoms with Crippen LogP contribution in [0.15, 0.2) is 24.4 Å². The highest BCUT2D eigenvalue weighted by molar-refractivity contribution is 7.11. The van der Waals surface area contributed by atoms with Crippen LogP contribution in [0.5, 0.6) is 11.5 Å². The maximum Gasteiger partial charge on any atom is 0.161 e. The van der Waals surface area contributed by atoms with Gasteiger partial charge in [0.05, 0.1) is 6.04 Å². The molecule has 2 rings (SSSR count). The Morgan fingerprint density at radius 2 is 2.16 bits per heavy atom. The topological polar surface area (TPSA) is 65.4 Å². The molecule has 5 heteroatoms. The summed E-state index contributed by atoms with van der Waals surface area (Å²) in [5.74, 6) is -0.148. The van der Waals surface area contributed by atoms with E-state index in [0.717, 1.165) is 11.4 Å². The molecular weight excluding hydrogens is 260 g/mol. The fourth-order valence-electron chi connectivity index (χ4n) is 1.76. The molecule has 1 unspecified atom stereocenters. The quantitative estimate of drug-likeness (QED) is 0.736. The maximum absolute atomic E-state index is 9.72. The van der Waals surface area contributed by atoms with E-state index in [4.69, 9.17) is 0 Å². The summed E-state index contributed by atoms with van der Waals surface area (Å²) in [5.41, 5.74) is 0.680. The zero-order chi connectivity index (χ0) is 13.8. The van der Waals surface area contributed by atoms with Crippen LogP contribution >= 0.6 is 11.3 Å². The summed E-state index contributed by atoms with van der Waals surface area (Å²) in [4.78, 5) is 5.65. The van der Waals surface area contributed by atoms with Crippen molar-refractivity contribution in [1.82, 2.24) is 10.3 Å². The number of nitrogens with one attached hydrogen (secondary N) is 1. The molecule has 0 aliphatic rings. The molecule has 0 spiro atoms. The number of thiazole rings is 1.